The van der Waals surface area contributed by atoms with Gasteiger partial charge in [0.1, 0.15) is 0 Å². The smallest absolute Gasteiger partial charge is 0.255 e. The van der Waals surface area contributed by atoms with Crippen molar-refractivity contribution in [3.05, 3.63) is 28.8 Å². The highest BCUT2D eigenvalue weighted by atomic mass is 35.5. The number of nitrogens with two attached hydrogens (primary N) is 1. The quantitative estimate of drug-likeness (QED) is 0.829. The molecule has 1 aliphatic rings. The molecule has 1 aromatic carbocycles. The van der Waals surface area contributed by atoms with Gasteiger partial charge < -0.3 is 10.6 Å². The van der Waals surface area contributed by atoms with Gasteiger partial charge in [-0.2, -0.15) is 0 Å². The van der Waals surface area contributed by atoms with Crippen LogP contribution in [0.25, 0.3) is 0 Å². The number of carbonyl (C=O) groups is 1. The van der Waals surface area contributed by atoms with Gasteiger partial charge in [0, 0.05) is 25.3 Å². The fraction of sp³-hybridized carbons (Fsp3) is 0.533. The van der Waals surface area contributed by atoms with Crippen LogP contribution in [0.1, 0.15) is 30.1 Å². The van der Waals surface area contributed by atoms with E-state index in [1.54, 1.807) is 23.1 Å². The molecule has 126 valence electrons. The maximum atomic E-state index is 12.4. The van der Waals surface area contributed by atoms with Crippen LogP contribution in [0, 0.1) is 0 Å². The number of hydrogen-bond donors (Lipinski definition) is 1. The number of amides is 1. The van der Waals surface area contributed by atoms with Crippen molar-refractivity contribution in [3.63, 3.8) is 0 Å². The van der Waals surface area contributed by atoms with Crippen LogP contribution in [-0.2, 0) is 0 Å². The fourth-order valence-electron chi connectivity index (χ4n) is 2.83. The van der Waals surface area contributed by atoms with Crippen LogP contribution in [0.3, 0.4) is 0 Å². The van der Waals surface area contributed by atoms with Crippen molar-refractivity contribution < 1.29 is 4.79 Å². The molecule has 0 radical (unpaired) electrons. The Morgan fingerprint density at radius 2 is 2.14 bits per heavy atom. The summed E-state index contributed by atoms with van der Waals surface area (Å²) in [4.78, 5) is 16.6. The van der Waals surface area contributed by atoms with Crippen LogP contribution in [0.2, 0.25) is 5.02 Å². The number of rotatable bonds is 4. The minimum Gasteiger partial charge on any atom is -0.399 e. The second kappa shape index (κ2) is 9.46. The van der Waals surface area contributed by atoms with Gasteiger partial charge in [0.15, 0.2) is 0 Å². The van der Waals surface area contributed by atoms with E-state index in [-0.39, 0.29) is 30.7 Å². The highest BCUT2D eigenvalue weighted by Gasteiger charge is 2.26. The SMILES string of the molecule is CCN1CCCC1CN(C)C(=O)c1ccc(N)cc1Cl.Cl.Cl. The molecular formula is C15H24Cl3N3O. The summed E-state index contributed by atoms with van der Waals surface area (Å²) in [5, 5.41) is 0.417. The maximum absolute atomic E-state index is 12.4. The first-order valence-corrected chi connectivity index (χ1v) is 7.45. The average Bonchev–Trinajstić information content (AvgIpc) is 2.85. The van der Waals surface area contributed by atoms with E-state index in [0.29, 0.717) is 22.3 Å². The fourth-order valence-corrected chi connectivity index (χ4v) is 3.10. The van der Waals surface area contributed by atoms with Crippen molar-refractivity contribution in [1.82, 2.24) is 9.80 Å². The molecular weight excluding hydrogens is 345 g/mol. The Kier molecular flexibility index (Phi) is 9.16. The second-order valence-corrected chi connectivity index (χ2v) is 5.76. The van der Waals surface area contributed by atoms with Gasteiger partial charge in [-0.1, -0.05) is 18.5 Å². The number of likely N-dealkylation sites (N-methyl/N-ethyl adjacent to an activating group) is 2. The Bertz CT molecular complexity index is 499. The van der Waals surface area contributed by atoms with E-state index in [4.69, 9.17) is 17.3 Å². The van der Waals surface area contributed by atoms with Crippen molar-refractivity contribution in [2.24, 2.45) is 0 Å². The molecule has 22 heavy (non-hydrogen) atoms. The van der Waals surface area contributed by atoms with E-state index in [1.807, 2.05) is 7.05 Å². The van der Waals surface area contributed by atoms with Crippen LogP contribution >= 0.6 is 36.4 Å². The van der Waals surface area contributed by atoms with Gasteiger partial charge in [0.2, 0.25) is 0 Å². The molecule has 7 heteroatoms. The number of hydrogen-bond acceptors (Lipinski definition) is 3. The summed E-state index contributed by atoms with van der Waals surface area (Å²) in [5.74, 6) is -0.0436. The molecule has 1 aliphatic heterocycles. The molecule has 1 amide bonds. The third kappa shape index (κ3) is 4.92. The van der Waals surface area contributed by atoms with Crippen molar-refractivity contribution in [3.8, 4) is 0 Å². The average molecular weight is 369 g/mol. The normalized spacial score (nSPS) is 17.5. The van der Waals surface area contributed by atoms with Gasteiger partial charge in [-0.05, 0) is 44.1 Å². The summed E-state index contributed by atoms with van der Waals surface area (Å²) in [7, 11) is 1.83. The Balaban J connectivity index is 0.00000220. The van der Waals surface area contributed by atoms with Gasteiger partial charge in [-0.15, -0.1) is 24.8 Å². The van der Waals surface area contributed by atoms with Gasteiger partial charge in [-0.25, -0.2) is 0 Å². The number of nitrogen functional groups attached to an aromatic ring is 1. The van der Waals surface area contributed by atoms with E-state index < -0.39 is 0 Å². The summed E-state index contributed by atoms with van der Waals surface area (Å²) in [6.07, 6.45) is 2.37. The van der Waals surface area contributed by atoms with Crippen molar-refractivity contribution >= 4 is 48.0 Å². The number of anilines is 1. The van der Waals surface area contributed by atoms with E-state index in [0.717, 1.165) is 26.1 Å². The van der Waals surface area contributed by atoms with E-state index in [9.17, 15) is 4.79 Å². The maximum Gasteiger partial charge on any atom is 0.255 e. The first-order chi connectivity index (χ1) is 9.52. The molecule has 1 fully saturated rings. The molecule has 1 heterocycles. The van der Waals surface area contributed by atoms with E-state index in [1.165, 1.54) is 6.42 Å². The summed E-state index contributed by atoms with van der Waals surface area (Å²) < 4.78 is 0. The highest BCUT2D eigenvalue weighted by Crippen LogP contribution is 2.22. The standard InChI is InChI=1S/C15H22ClN3O.2ClH/c1-3-19-8-4-5-12(19)10-18(2)15(20)13-7-6-11(17)9-14(13)16;;/h6-7,9,12H,3-5,8,10,17H2,1-2H3;2*1H. The zero-order valence-electron chi connectivity index (χ0n) is 12.9. The van der Waals surface area contributed by atoms with Gasteiger partial charge in [-0.3, -0.25) is 9.69 Å². The first kappa shape index (κ1) is 21.3. The Hall–Kier alpha value is -0.680. The summed E-state index contributed by atoms with van der Waals surface area (Å²) >= 11 is 6.10. The van der Waals surface area contributed by atoms with Gasteiger partial charge >= 0.3 is 0 Å². The number of likely N-dealkylation sites (tertiary alicyclic amines) is 1. The van der Waals surface area contributed by atoms with E-state index in [2.05, 4.69) is 11.8 Å². The Labute approximate surface area is 149 Å². The summed E-state index contributed by atoms with van der Waals surface area (Å²) in [6, 6.07) is 5.49. The third-order valence-electron chi connectivity index (χ3n) is 3.96. The van der Waals surface area contributed by atoms with E-state index >= 15 is 0 Å². The van der Waals surface area contributed by atoms with Crippen LogP contribution in [-0.4, -0.2) is 48.4 Å². The lowest BCUT2D eigenvalue weighted by molar-refractivity contribution is 0.0755. The van der Waals surface area contributed by atoms with Crippen LogP contribution in [0.15, 0.2) is 18.2 Å². The molecule has 0 bridgehead atoms. The number of halogens is 3. The minimum atomic E-state index is -0.0436. The van der Waals surface area contributed by atoms with Gasteiger partial charge in [0.25, 0.3) is 5.91 Å². The summed E-state index contributed by atoms with van der Waals surface area (Å²) in [6.45, 7) is 5.07. The molecule has 2 rings (SSSR count). The Morgan fingerprint density at radius 1 is 1.45 bits per heavy atom. The number of benzene rings is 1. The predicted molar refractivity (Wildman–Crippen MR) is 97.6 cm³/mol. The highest BCUT2D eigenvalue weighted by molar-refractivity contribution is 6.34. The molecule has 4 nitrogen and oxygen atoms in total. The molecule has 0 aliphatic carbocycles. The minimum absolute atomic E-state index is 0. The molecule has 1 unspecified atom stereocenters. The van der Waals surface area contributed by atoms with Crippen molar-refractivity contribution in [2.45, 2.75) is 25.8 Å². The monoisotopic (exact) mass is 367 g/mol. The van der Waals surface area contributed by atoms with Gasteiger partial charge in [0.05, 0.1) is 10.6 Å². The zero-order valence-corrected chi connectivity index (χ0v) is 15.3. The molecule has 0 saturated carbocycles. The summed E-state index contributed by atoms with van der Waals surface area (Å²) in [5.41, 5.74) is 6.75. The molecule has 1 saturated heterocycles. The van der Waals surface area contributed by atoms with Crippen LogP contribution in [0.5, 0.6) is 0 Å². The number of carbonyl (C=O) groups excluding carboxylic acids is 1. The molecule has 1 aromatic rings. The molecule has 1 atom stereocenters. The zero-order chi connectivity index (χ0) is 14.7. The lowest BCUT2D eigenvalue weighted by Gasteiger charge is -2.28. The largest absolute Gasteiger partial charge is 0.399 e. The molecule has 2 N–H and O–H groups in total. The van der Waals surface area contributed by atoms with Crippen LogP contribution < -0.4 is 5.73 Å². The third-order valence-corrected chi connectivity index (χ3v) is 4.27. The first-order valence-electron chi connectivity index (χ1n) is 7.07. The van der Waals surface area contributed by atoms with Crippen molar-refractivity contribution in [1.29, 1.82) is 0 Å². The second-order valence-electron chi connectivity index (χ2n) is 5.35. The lowest BCUT2D eigenvalue weighted by Crippen LogP contribution is -2.41. The Morgan fingerprint density at radius 3 is 2.73 bits per heavy atom. The lowest BCUT2D eigenvalue weighted by atomic mass is 10.1. The molecule has 0 aromatic heterocycles. The topological polar surface area (TPSA) is 49.6 Å². The molecule has 0 spiro atoms. The van der Waals surface area contributed by atoms with Crippen molar-refractivity contribution in [2.75, 3.05) is 32.4 Å². The van der Waals surface area contributed by atoms with Crippen LogP contribution in [0.4, 0.5) is 5.69 Å². The number of nitrogens with zero attached hydrogens (tertiary/aromatic N) is 2. The predicted octanol–water partition coefficient (Wildman–Crippen LogP) is 3.32.